The molecule has 1 aromatic heterocycles. The number of rotatable bonds is 6. The highest BCUT2D eigenvalue weighted by molar-refractivity contribution is 8.00. The van der Waals surface area contributed by atoms with Crippen molar-refractivity contribution in [2.75, 3.05) is 5.32 Å². The van der Waals surface area contributed by atoms with Crippen molar-refractivity contribution in [3.05, 3.63) is 72.3 Å². The Morgan fingerprint density at radius 2 is 1.77 bits per heavy atom. The van der Waals surface area contributed by atoms with E-state index in [9.17, 15) is 4.79 Å². The van der Waals surface area contributed by atoms with Crippen LogP contribution < -0.4 is 5.32 Å². The van der Waals surface area contributed by atoms with E-state index in [2.05, 4.69) is 52.1 Å². The van der Waals surface area contributed by atoms with Gasteiger partial charge in [0, 0.05) is 17.8 Å². The minimum absolute atomic E-state index is 0.0571. The zero-order valence-electron chi connectivity index (χ0n) is 17.3. The van der Waals surface area contributed by atoms with Gasteiger partial charge in [-0.25, -0.2) is 0 Å². The second-order valence-electron chi connectivity index (χ2n) is 7.18. The Morgan fingerprint density at radius 3 is 2.53 bits per heavy atom. The molecule has 5 nitrogen and oxygen atoms in total. The molecule has 0 aliphatic carbocycles. The second-order valence-corrected chi connectivity index (χ2v) is 8.48. The van der Waals surface area contributed by atoms with Crippen LogP contribution in [-0.2, 0) is 11.3 Å². The van der Waals surface area contributed by atoms with Crippen LogP contribution in [0.3, 0.4) is 0 Å². The van der Waals surface area contributed by atoms with Crippen LogP contribution in [0.15, 0.2) is 71.9 Å². The Morgan fingerprint density at radius 1 is 1.03 bits per heavy atom. The summed E-state index contributed by atoms with van der Waals surface area (Å²) in [6, 6.07) is 22.2. The van der Waals surface area contributed by atoms with Crippen LogP contribution in [0.5, 0.6) is 0 Å². The molecule has 30 heavy (non-hydrogen) atoms. The number of aryl methyl sites for hydroxylation is 1. The fraction of sp³-hybridized carbons (Fsp3) is 0.208. The first-order valence-corrected chi connectivity index (χ1v) is 10.9. The number of carbonyl (C=O) groups is 1. The van der Waals surface area contributed by atoms with Gasteiger partial charge >= 0.3 is 0 Å². The number of nitrogens with one attached hydrogen (secondary N) is 1. The molecule has 4 aromatic rings. The number of fused-ring (bicyclic) bond motifs is 1. The van der Waals surface area contributed by atoms with Crippen molar-refractivity contribution in [2.24, 2.45) is 0 Å². The zero-order valence-corrected chi connectivity index (χ0v) is 18.1. The van der Waals surface area contributed by atoms with Gasteiger partial charge in [0.1, 0.15) is 0 Å². The molecule has 0 saturated heterocycles. The number of benzene rings is 3. The van der Waals surface area contributed by atoms with Gasteiger partial charge in [0.2, 0.25) is 5.91 Å². The van der Waals surface area contributed by atoms with Crippen LogP contribution in [0.2, 0.25) is 0 Å². The maximum Gasteiger partial charge on any atom is 0.237 e. The Hall–Kier alpha value is -3.12. The van der Waals surface area contributed by atoms with Crippen LogP contribution in [0.1, 0.15) is 19.4 Å². The minimum atomic E-state index is -0.310. The molecule has 3 aromatic carbocycles. The molecule has 4 rings (SSSR count). The van der Waals surface area contributed by atoms with Gasteiger partial charge in [-0.05, 0) is 49.2 Å². The SMILES string of the molecule is CCn1c(S[C@H](C)C(=O)Nc2ccc3ccccc3c2)nnc1-c1ccccc1C. The number of aromatic nitrogens is 3. The van der Waals surface area contributed by atoms with Crippen molar-refractivity contribution in [2.45, 2.75) is 37.7 Å². The summed E-state index contributed by atoms with van der Waals surface area (Å²) in [5, 5.41) is 14.5. The standard InChI is InChI=1S/C24H24N4OS/c1-4-28-22(21-12-8-5-9-16(21)2)26-27-24(28)30-17(3)23(29)25-20-14-13-18-10-6-7-11-19(18)15-20/h5-15,17H,4H2,1-3H3,(H,25,29)/t17-/m1/s1. The van der Waals surface area contributed by atoms with E-state index in [0.29, 0.717) is 0 Å². The molecule has 0 aliphatic rings. The minimum Gasteiger partial charge on any atom is -0.325 e. The van der Waals surface area contributed by atoms with E-state index in [4.69, 9.17) is 0 Å². The van der Waals surface area contributed by atoms with Crippen LogP contribution in [0, 0.1) is 6.92 Å². The van der Waals surface area contributed by atoms with Crippen molar-refractivity contribution in [1.29, 1.82) is 0 Å². The second kappa shape index (κ2) is 8.71. The van der Waals surface area contributed by atoms with E-state index in [0.717, 1.165) is 45.1 Å². The van der Waals surface area contributed by atoms with Gasteiger partial charge in [-0.3, -0.25) is 4.79 Å². The lowest BCUT2D eigenvalue weighted by Crippen LogP contribution is -2.23. The quantitative estimate of drug-likeness (QED) is 0.419. The first kappa shape index (κ1) is 20.2. The highest BCUT2D eigenvalue weighted by Gasteiger charge is 2.21. The summed E-state index contributed by atoms with van der Waals surface area (Å²) in [4.78, 5) is 12.8. The average Bonchev–Trinajstić information content (AvgIpc) is 3.16. The molecule has 0 radical (unpaired) electrons. The maximum atomic E-state index is 12.8. The van der Waals surface area contributed by atoms with Crippen LogP contribution in [0.25, 0.3) is 22.2 Å². The Bertz CT molecular complexity index is 1200. The van der Waals surface area contributed by atoms with Gasteiger partial charge in [0.25, 0.3) is 0 Å². The number of hydrogen-bond acceptors (Lipinski definition) is 4. The van der Waals surface area contributed by atoms with E-state index in [-0.39, 0.29) is 11.2 Å². The summed E-state index contributed by atoms with van der Waals surface area (Å²) in [5.41, 5.74) is 3.01. The predicted molar refractivity (Wildman–Crippen MR) is 124 cm³/mol. The highest BCUT2D eigenvalue weighted by Crippen LogP contribution is 2.29. The molecule has 152 valence electrons. The number of anilines is 1. The number of carbonyl (C=O) groups excluding carboxylic acids is 1. The van der Waals surface area contributed by atoms with Gasteiger partial charge in [-0.2, -0.15) is 0 Å². The molecule has 1 amide bonds. The summed E-state index contributed by atoms with van der Waals surface area (Å²) < 4.78 is 2.06. The molecule has 0 aliphatic heterocycles. The first-order chi connectivity index (χ1) is 14.6. The third-order valence-corrected chi connectivity index (χ3v) is 6.17. The van der Waals surface area contributed by atoms with Crippen LogP contribution in [-0.4, -0.2) is 25.9 Å². The van der Waals surface area contributed by atoms with Crippen molar-refractivity contribution in [1.82, 2.24) is 14.8 Å². The fourth-order valence-electron chi connectivity index (χ4n) is 3.41. The van der Waals surface area contributed by atoms with E-state index >= 15 is 0 Å². The van der Waals surface area contributed by atoms with E-state index in [1.54, 1.807) is 0 Å². The third-order valence-electron chi connectivity index (χ3n) is 5.09. The number of hydrogen-bond donors (Lipinski definition) is 1. The first-order valence-electron chi connectivity index (χ1n) is 10.0. The monoisotopic (exact) mass is 416 g/mol. The summed E-state index contributed by atoms with van der Waals surface area (Å²) >= 11 is 1.42. The Balaban J connectivity index is 1.51. The number of thioether (sulfide) groups is 1. The molecule has 6 heteroatoms. The predicted octanol–water partition coefficient (Wildman–Crippen LogP) is 5.55. The zero-order chi connectivity index (χ0) is 21.1. The molecule has 1 N–H and O–H groups in total. The third kappa shape index (κ3) is 4.09. The molecular weight excluding hydrogens is 392 g/mol. The van der Waals surface area contributed by atoms with Crippen molar-refractivity contribution in [3.8, 4) is 11.4 Å². The Labute approximate surface area is 180 Å². The van der Waals surface area contributed by atoms with Crippen molar-refractivity contribution < 1.29 is 4.79 Å². The molecule has 0 saturated carbocycles. The van der Waals surface area contributed by atoms with Crippen molar-refractivity contribution in [3.63, 3.8) is 0 Å². The average molecular weight is 417 g/mol. The summed E-state index contributed by atoms with van der Waals surface area (Å²) in [7, 11) is 0. The molecule has 0 unspecified atom stereocenters. The van der Waals surface area contributed by atoms with Gasteiger partial charge in [-0.1, -0.05) is 66.4 Å². The summed E-state index contributed by atoms with van der Waals surface area (Å²) in [6.45, 7) is 6.76. The molecule has 0 bridgehead atoms. The van der Waals surface area contributed by atoms with E-state index in [1.165, 1.54) is 11.8 Å². The lowest BCUT2D eigenvalue weighted by molar-refractivity contribution is -0.115. The van der Waals surface area contributed by atoms with Gasteiger partial charge in [0.05, 0.1) is 5.25 Å². The largest absolute Gasteiger partial charge is 0.325 e. The molecule has 1 heterocycles. The Kier molecular flexibility index (Phi) is 5.86. The normalized spacial score (nSPS) is 12.1. The molecule has 1 atom stereocenters. The maximum absolute atomic E-state index is 12.8. The van der Waals surface area contributed by atoms with Gasteiger partial charge in [0.15, 0.2) is 11.0 Å². The fourth-order valence-corrected chi connectivity index (χ4v) is 4.32. The van der Waals surface area contributed by atoms with Crippen LogP contribution >= 0.6 is 11.8 Å². The van der Waals surface area contributed by atoms with E-state index < -0.39 is 0 Å². The highest BCUT2D eigenvalue weighted by atomic mass is 32.2. The molecular formula is C24H24N4OS. The molecule has 0 spiro atoms. The van der Waals surface area contributed by atoms with Crippen molar-refractivity contribution >= 4 is 34.1 Å². The number of amides is 1. The lowest BCUT2D eigenvalue weighted by Gasteiger charge is -2.13. The van der Waals surface area contributed by atoms with E-state index in [1.807, 2.05) is 55.5 Å². The van der Waals surface area contributed by atoms with Crippen LogP contribution in [0.4, 0.5) is 5.69 Å². The van der Waals surface area contributed by atoms with Gasteiger partial charge < -0.3 is 9.88 Å². The summed E-state index contributed by atoms with van der Waals surface area (Å²) in [6.07, 6.45) is 0. The summed E-state index contributed by atoms with van der Waals surface area (Å²) in [5.74, 6) is 0.776. The molecule has 0 fully saturated rings. The van der Waals surface area contributed by atoms with Gasteiger partial charge in [-0.15, -0.1) is 10.2 Å². The number of nitrogens with zero attached hydrogens (tertiary/aromatic N) is 3. The lowest BCUT2D eigenvalue weighted by atomic mass is 10.1. The topological polar surface area (TPSA) is 59.8 Å². The smallest absolute Gasteiger partial charge is 0.237 e.